The van der Waals surface area contributed by atoms with E-state index in [4.69, 9.17) is 4.52 Å². The van der Waals surface area contributed by atoms with Crippen LogP contribution in [0, 0.1) is 5.92 Å². The lowest BCUT2D eigenvalue weighted by atomic mass is 9.85. The van der Waals surface area contributed by atoms with E-state index in [9.17, 15) is 9.36 Å². The van der Waals surface area contributed by atoms with Crippen LogP contribution in [0.25, 0.3) is 0 Å². The Labute approximate surface area is 135 Å². The molecule has 5 heteroatoms. The van der Waals surface area contributed by atoms with E-state index in [0.717, 1.165) is 25.7 Å². The molecule has 2 atom stereocenters. The zero-order valence-corrected chi connectivity index (χ0v) is 15.9. The van der Waals surface area contributed by atoms with Gasteiger partial charge in [-0.15, -0.1) is 0 Å². The van der Waals surface area contributed by atoms with Gasteiger partial charge >= 0.3 is 0 Å². The molecule has 0 amide bonds. The summed E-state index contributed by atoms with van der Waals surface area (Å²) in [6, 6.07) is 0. The number of rotatable bonds is 3. The number of carbonyl (C=O) groups excluding carboxylic acids is 1. The van der Waals surface area contributed by atoms with Crippen LogP contribution in [0.1, 0.15) is 73.6 Å². The van der Waals surface area contributed by atoms with E-state index in [2.05, 4.69) is 0 Å². The third-order valence-corrected chi connectivity index (χ3v) is 8.33. The molecule has 2 fully saturated rings. The Morgan fingerprint density at radius 1 is 1.23 bits per heavy atom. The van der Waals surface area contributed by atoms with Gasteiger partial charge in [0.1, 0.15) is 11.4 Å². The van der Waals surface area contributed by atoms with Gasteiger partial charge in [0.2, 0.25) is 0 Å². The molecule has 0 spiro atoms. The van der Waals surface area contributed by atoms with Crippen LogP contribution in [0.2, 0.25) is 0 Å². The van der Waals surface area contributed by atoms with Gasteiger partial charge in [0, 0.05) is 18.0 Å². The van der Waals surface area contributed by atoms with E-state index < -0.39 is 18.8 Å². The Morgan fingerprint density at radius 3 is 2.27 bits per heavy atom. The molecule has 1 aliphatic heterocycles. The molecule has 0 aromatic heterocycles. The smallest absolute Gasteiger partial charge is 0.283 e. The number of hydrogen-bond donors (Lipinski definition) is 0. The lowest BCUT2D eigenvalue weighted by Gasteiger charge is -2.37. The highest BCUT2D eigenvalue weighted by molar-refractivity contribution is 7.58. The number of carbonyl (C=O) groups is 1. The number of hydrogen-bond acceptors (Lipinski definition) is 3. The average Bonchev–Trinajstić information content (AvgIpc) is 2.69. The third-order valence-electron chi connectivity index (χ3n) is 4.93. The van der Waals surface area contributed by atoms with Crippen molar-refractivity contribution in [1.29, 1.82) is 0 Å². The molecule has 2 rings (SSSR count). The van der Waals surface area contributed by atoms with Crippen LogP contribution in [-0.4, -0.2) is 33.8 Å². The summed E-state index contributed by atoms with van der Waals surface area (Å²) in [6.07, 6.45) is 5.34. The van der Waals surface area contributed by atoms with Gasteiger partial charge in [-0.1, -0.05) is 19.3 Å². The Balaban J connectivity index is 2.26. The van der Waals surface area contributed by atoms with E-state index in [1.807, 2.05) is 46.2 Å². The van der Waals surface area contributed by atoms with Crippen molar-refractivity contribution in [2.75, 3.05) is 6.54 Å². The van der Waals surface area contributed by atoms with E-state index in [-0.39, 0.29) is 17.2 Å². The second-order valence-electron chi connectivity index (χ2n) is 8.56. The van der Waals surface area contributed by atoms with Crippen molar-refractivity contribution in [2.45, 2.75) is 90.4 Å². The zero-order valence-electron chi connectivity index (χ0n) is 15.0. The van der Waals surface area contributed by atoms with Gasteiger partial charge in [-0.05, 0) is 54.4 Å². The molecule has 1 saturated heterocycles. The Kier molecular flexibility index (Phi) is 4.98. The quantitative estimate of drug-likeness (QED) is 0.708. The van der Waals surface area contributed by atoms with E-state index in [1.165, 1.54) is 6.42 Å². The molecule has 0 radical (unpaired) electrons. The van der Waals surface area contributed by atoms with Crippen molar-refractivity contribution in [3.63, 3.8) is 0 Å². The van der Waals surface area contributed by atoms with Crippen molar-refractivity contribution in [3.05, 3.63) is 0 Å². The molecule has 128 valence electrons. The maximum Gasteiger partial charge on any atom is 0.283 e. The summed E-state index contributed by atoms with van der Waals surface area (Å²) in [4.78, 5) is 12.9. The maximum atomic E-state index is 13.7. The van der Waals surface area contributed by atoms with Crippen LogP contribution in [0.4, 0.5) is 0 Å². The molecule has 0 bridgehead atoms. The van der Waals surface area contributed by atoms with Crippen LogP contribution in [-0.2, 0) is 13.9 Å². The molecule has 1 saturated carbocycles. The highest BCUT2D eigenvalue weighted by Crippen LogP contribution is 2.65. The molecule has 1 heterocycles. The van der Waals surface area contributed by atoms with Crippen LogP contribution in [0.3, 0.4) is 0 Å². The summed E-state index contributed by atoms with van der Waals surface area (Å²) < 4.78 is 21.6. The number of ketones is 1. The number of nitrogens with zero attached hydrogens (tertiary/aromatic N) is 1. The van der Waals surface area contributed by atoms with Crippen molar-refractivity contribution < 1.29 is 13.9 Å². The summed E-state index contributed by atoms with van der Waals surface area (Å²) in [7, 11) is -3.15. The Bertz CT molecular complexity index is 475. The monoisotopic (exact) mass is 329 g/mol. The van der Waals surface area contributed by atoms with Gasteiger partial charge in [0.15, 0.2) is 0 Å². The summed E-state index contributed by atoms with van der Waals surface area (Å²) in [5.41, 5.74) is -1.27. The highest BCUT2D eigenvalue weighted by atomic mass is 31.2. The average molecular weight is 329 g/mol. The Morgan fingerprint density at radius 2 is 1.77 bits per heavy atom. The molecule has 1 aliphatic carbocycles. The first-order valence-corrected chi connectivity index (χ1v) is 10.2. The van der Waals surface area contributed by atoms with Gasteiger partial charge in [-0.25, -0.2) is 4.67 Å². The third kappa shape index (κ3) is 3.49. The molecule has 22 heavy (non-hydrogen) atoms. The van der Waals surface area contributed by atoms with Gasteiger partial charge in [0.05, 0.1) is 5.60 Å². The van der Waals surface area contributed by atoms with Crippen LogP contribution in [0.15, 0.2) is 0 Å². The highest BCUT2D eigenvalue weighted by Gasteiger charge is 2.56. The largest absolute Gasteiger partial charge is 0.309 e. The fraction of sp³-hybridized carbons (Fsp3) is 0.941. The molecule has 0 aromatic carbocycles. The van der Waals surface area contributed by atoms with Crippen LogP contribution >= 0.6 is 7.52 Å². The van der Waals surface area contributed by atoms with Gasteiger partial charge in [-0.2, -0.15) is 0 Å². The normalized spacial score (nSPS) is 32.1. The lowest BCUT2D eigenvalue weighted by molar-refractivity contribution is -0.123. The van der Waals surface area contributed by atoms with Crippen molar-refractivity contribution in [3.8, 4) is 0 Å². The van der Waals surface area contributed by atoms with E-state index in [1.54, 1.807) is 0 Å². The fourth-order valence-electron chi connectivity index (χ4n) is 3.72. The predicted octanol–water partition coefficient (Wildman–Crippen LogP) is 4.63. The van der Waals surface area contributed by atoms with E-state index in [0.29, 0.717) is 6.54 Å². The maximum absolute atomic E-state index is 13.7. The van der Waals surface area contributed by atoms with Gasteiger partial charge in [-0.3, -0.25) is 9.36 Å². The minimum atomic E-state index is -3.15. The predicted molar refractivity (Wildman–Crippen MR) is 90.3 cm³/mol. The SMILES string of the molecule is CC(C(=O)C1CCCCC1)P1(=O)OC(C)(C)CN1C(C)(C)C. The Hall–Kier alpha value is -0.180. The van der Waals surface area contributed by atoms with Crippen molar-refractivity contribution in [2.24, 2.45) is 5.92 Å². The van der Waals surface area contributed by atoms with Crippen LogP contribution < -0.4 is 0 Å². The fourth-order valence-corrected chi connectivity index (χ4v) is 7.07. The molecule has 4 nitrogen and oxygen atoms in total. The first-order chi connectivity index (χ1) is 9.97. The lowest BCUT2D eigenvalue weighted by Crippen LogP contribution is -2.42. The molecular formula is C17H32NO3P. The second-order valence-corrected chi connectivity index (χ2v) is 11.1. The molecule has 0 N–H and O–H groups in total. The minimum Gasteiger partial charge on any atom is -0.309 e. The zero-order chi connectivity index (χ0) is 16.8. The minimum absolute atomic E-state index is 0.0729. The van der Waals surface area contributed by atoms with E-state index >= 15 is 0 Å². The number of Topliss-reactive ketones (excluding diaryl/α,β-unsaturated/α-hetero) is 1. The topological polar surface area (TPSA) is 46.6 Å². The second kappa shape index (κ2) is 6.03. The van der Waals surface area contributed by atoms with Crippen molar-refractivity contribution >= 4 is 13.3 Å². The molecule has 2 aliphatic rings. The molecule has 2 unspecified atom stereocenters. The standard InChI is InChI=1S/C17H32NO3P/c1-13(15(19)14-10-8-7-9-11-14)22(20)18(16(2,3)4)12-17(5,6)21-22/h13-14H,7-12H2,1-6H3. The van der Waals surface area contributed by atoms with Crippen LogP contribution in [0.5, 0.6) is 0 Å². The van der Waals surface area contributed by atoms with Crippen molar-refractivity contribution in [1.82, 2.24) is 4.67 Å². The summed E-state index contributed by atoms with van der Waals surface area (Å²) in [6.45, 7) is 12.5. The summed E-state index contributed by atoms with van der Waals surface area (Å²) >= 11 is 0. The molecule has 0 aromatic rings. The summed E-state index contributed by atoms with van der Waals surface area (Å²) in [5.74, 6) is 0.221. The van der Waals surface area contributed by atoms with Gasteiger partial charge in [0.25, 0.3) is 7.52 Å². The first kappa shape index (κ1) is 18.2. The summed E-state index contributed by atoms with van der Waals surface area (Å²) in [5, 5.41) is 0. The first-order valence-electron chi connectivity index (χ1n) is 8.60. The van der Waals surface area contributed by atoms with Gasteiger partial charge < -0.3 is 4.52 Å². The molecular weight excluding hydrogens is 297 g/mol.